The summed E-state index contributed by atoms with van der Waals surface area (Å²) in [5.41, 5.74) is 6.32. The molecule has 37 heavy (non-hydrogen) atoms. The number of hydrogen-bond donors (Lipinski definition) is 3. The van der Waals surface area contributed by atoms with Gasteiger partial charge in [-0.25, -0.2) is 9.18 Å². The minimum Gasteiger partial charge on any atom is -0.502 e. The largest absolute Gasteiger partial charge is 0.502 e. The predicted molar refractivity (Wildman–Crippen MR) is 131 cm³/mol. The average molecular weight is 509 g/mol. The van der Waals surface area contributed by atoms with E-state index in [0.29, 0.717) is 34.0 Å². The third kappa shape index (κ3) is 3.39. The minimum absolute atomic E-state index is 0.0338. The van der Waals surface area contributed by atoms with E-state index in [2.05, 4.69) is 5.32 Å². The Hall–Kier alpha value is -4.34. The van der Waals surface area contributed by atoms with E-state index in [4.69, 9.17) is 29.4 Å². The predicted octanol–water partition coefficient (Wildman–Crippen LogP) is 3.90. The van der Waals surface area contributed by atoms with Gasteiger partial charge in [-0.05, 0) is 65.2 Å². The number of phenolic OH excluding ortho intramolecular Hbond substituents is 1. The quantitative estimate of drug-likeness (QED) is 0.348. The Bertz CT molecular complexity index is 1370. The van der Waals surface area contributed by atoms with Gasteiger partial charge in [0.25, 0.3) is 0 Å². The molecule has 3 aromatic rings. The van der Waals surface area contributed by atoms with Crippen LogP contribution in [0.25, 0.3) is 0 Å². The molecular weight excluding hydrogens is 483 g/mol. The average Bonchev–Trinajstić information content (AvgIpc) is 3.48. The number of aromatic hydroxyl groups is 1. The van der Waals surface area contributed by atoms with Crippen LogP contribution in [0.15, 0.2) is 48.5 Å². The number of fused-ring (bicyclic) bond motifs is 3. The van der Waals surface area contributed by atoms with Gasteiger partial charge >= 0.3 is 5.97 Å². The molecule has 2 aliphatic heterocycles. The molecule has 0 amide bonds. The zero-order valence-corrected chi connectivity index (χ0v) is 20.1. The molecule has 0 bridgehead atoms. The Morgan fingerprint density at radius 1 is 1.00 bits per heavy atom. The van der Waals surface area contributed by atoms with Gasteiger partial charge < -0.3 is 39.8 Å². The summed E-state index contributed by atoms with van der Waals surface area (Å²) in [6, 6.07) is 13.0. The molecule has 3 aliphatic rings. The number of nitrogens with one attached hydrogen (secondary N) is 1. The Kier molecular flexibility index (Phi) is 5.22. The molecule has 1 saturated heterocycles. The van der Waals surface area contributed by atoms with E-state index >= 15 is 4.39 Å². The highest BCUT2D eigenvalue weighted by Crippen LogP contribution is 2.59. The molecule has 0 spiro atoms. The summed E-state index contributed by atoms with van der Waals surface area (Å²) < 4.78 is 44.6. The van der Waals surface area contributed by atoms with Gasteiger partial charge in [0, 0.05) is 11.4 Å². The van der Waals surface area contributed by atoms with Gasteiger partial charge in [-0.1, -0.05) is 0 Å². The summed E-state index contributed by atoms with van der Waals surface area (Å²) in [5, 5.41) is 13.9. The van der Waals surface area contributed by atoms with Gasteiger partial charge in [-0.15, -0.1) is 0 Å². The Morgan fingerprint density at radius 3 is 2.24 bits per heavy atom. The normalized spacial score (nSPS) is 25.2. The maximum Gasteiger partial charge on any atom is 0.345 e. The number of carbonyl (C=O) groups excluding carboxylic acids is 1. The van der Waals surface area contributed by atoms with E-state index in [1.54, 1.807) is 30.3 Å². The first-order chi connectivity index (χ1) is 17.8. The molecule has 1 fully saturated rings. The van der Waals surface area contributed by atoms with E-state index in [1.807, 2.05) is 6.07 Å². The van der Waals surface area contributed by atoms with Crippen LogP contribution in [0.4, 0.5) is 15.8 Å². The summed E-state index contributed by atoms with van der Waals surface area (Å²) in [6.45, 7) is -0.0925. The first-order valence-corrected chi connectivity index (χ1v) is 11.7. The van der Waals surface area contributed by atoms with Gasteiger partial charge in [0.05, 0.1) is 32.1 Å². The number of nitrogens with two attached hydrogens (primary N) is 1. The highest BCUT2D eigenvalue weighted by atomic mass is 19.1. The molecule has 0 unspecified atom stereocenters. The van der Waals surface area contributed by atoms with Crippen LogP contribution in [0.1, 0.15) is 28.7 Å². The number of ether oxygens (including phenoxy) is 5. The van der Waals surface area contributed by atoms with Crippen molar-refractivity contribution in [1.29, 1.82) is 0 Å². The highest BCUT2D eigenvalue weighted by molar-refractivity contribution is 5.86. The van der Waals surface area contributed by atoms with Crippen LogP contribution in [0.3, 0.4) is 0 Å². The zero-order chi connectivity index (χ0) is 25.9. The van der Waals surface area contributed by atoms with Crippen LogP contribution in [0, 0.1) is 5.92 Å². The monoisotopic (exact) mass is 508 g/mol. The lowest BCUT2D eigenvalue weighted by Crippen LogP contribution is -2.50. The number of halogens is 1. The van der Waals surface area contributed by atoms with E-state index in [0.717, 1.165) is 5.56 Å². The van der Waals surface area contributed by atoms with Crippen LogP contribution in [-0.2, 0) is 9.53 Å². The lowest BCUT2D eigenvalue weighted by molar-refractivity contribution is -0.149. The van der Waals surface area contributed by atoms with Crippen molar-refractivity contribution < 1.29 is 38.0 Å². The van der Waals surface area contributed by atoms with Crippen molar-refractivity contribution in [1.82, 2.24) is 0 Å². The smallest absolute Gasteiger partial charge is 0.345 e. The van der Waals surface area contributed by atoms with E-state index in [1.165, 1.54) is 26.4 Å². The van der Waals surface area contributed by atoms with E-state index in [9.17, 15) is 9.90 Å². The molecular formula is C27H25FN2O7. The number of anilines is 2. The van der Waals surface area contributed by atoms with Crippen LogP contribution >= 0.6 is 0 Å². The van der Waals surface area contributed by atoms with Crippen molar-refractivity contribution in [2.75, 3.05) is 38.7 Å². The molecule has 10 heteroatoms. The lowest BCUT2D eigenvalue weighted by atomic mass is 9.63. The number of hydrogen-bond acceptors (Lipinski definition) is 9. The van der Waals surface area contributed by atoms with Crippen molar-refractivity contribution in [2.45, 2.75) is 17.6 Å². The van der Waals surface area contributed by atoms with Gasteiger partial charge in [0.2, 0.25) is 18.2 Å². The molecule has 1 aliphatic carbocycles. The Balaban J connectivity index is 1.59. The lowest BCUT2D eigenvalue weighted by Gasteiger charge is -2.43. The molecule has 3 aromatic carbocycles. The van der Waals surface area contributed by atoms with Crippen molar-refractivity contribution in [2.24, 2.45) is 5.92 Å². The van der Waals surface area contributed by atoms with Gasteiger partial charge in [-0.2, -0.15) is 0 Å². The number of phenols is 1. The summed E-state index contributed by atoms with van der Waals surface area (Å²) in [4.78, 5) is 13.2. The van der Waals surface area contributed by atoms with Gasteiger partial charge in [0.1, 0.15) is 6.61 Å². The summed E-state index contributed by atoms with van der Waals surface area (Å²) in [6.07, 6.45) is 0. The summed E-state index contributed by atoms with van der Waals surface area (Å²) in [7, 11) is 2.77. The molecule has 2 heterocycles. The van der Waals surface area contributed by atoms with Crippen molar-refractivity contribution in [3.63, 3.8) is 0 Å². The fraction of sp³-hybridized carbons (Fsp3) is 0.296. The van der Waals surface area contributed by atoms with Crippen molar-refractivity contribution in [3.8, 4) is 28.7 Å². The number of methoxy groups -OCH3 is 2. The maximum atomic E-state index is 17.4. The third-order valence-corrected chi connectivity index (χ3v) is 7.36. The number of alkyl halides is 1. The number of nitrogen functional groups attached to an aromatic ring is 1. The highest BCUT2D eigenvalue weighted by Gasteiger charge is 2.65. The SMILES string of the molecule is COc1cc([C@@H]2c3cc4c(cc3[C@@H](Nc3ccc(N)cc3)[C@H]3COC(=O)[C@]23F)OCO4)cc(OC)c1O. The van der Waals surface area contributed by atoms with Gasteiger partial charge in [-0.3, -0.25) is 0 Å². The second-order valence-corrected chi connectivity index (χ2v) is 9.26. The Morgan fingerprint density at radius 2 is 1.62 bits per heavy atom. The van der Waals surface area contributed by atoms with Crippen molar-refractivity contribution in [3.05, 3.63) is 65.2 Å². The summed E-state index contributed by atoms with van der Waals surface area (Å²) >= 11 is 0. The van der Waals surface area contributed by atoms with Gasteiger partial charge in [0.15, 0.2) is 23.0 Å². The van der Waals surface area contributed by atoms with E-state index < -0.39 is 29.5 Å². The maximum absolute atomic E-state index is 17.4. The minimum atomic E-state index is -2.45. The zero-order valence-electron chi connectivity index (χ0n) is 20.1. The number of benzene rings is 3. The Labute approximate surface area is 211 Å². The van der Waals surface area contributed by atoms with Crippen molar-refractivity contribution >= 4 is 17.3 Å². The molecule has 0 radical (unpaired) electrons. The molecule has 0 saturated carbocycles. The molecule has 4 N–H and O–H groups in total. The second-order valence-electron chi connectivity index (χ2n) is 9.26. The molecule has 4 atom stereocenters. The van der Waals surface area contributed by atoms with Crippen LogP contribution in [-0.4, -0.2) is 44.4 Å². The number of rotatable bonds is 5. The third-order valence-electron chi connectivity index (χ3n) is 7.36. The molecule has 6 rings (SSSR count). The second kappa shape index (κ2) is 8.36. The number of esters is 1. The van der Waals surface area contributed by atoms with E-state index in [-0.39, 0.29) is 30.6 Å². The molecule has 192 valence electrons. The standard InChI is InChI=1S/C27H25FN2O7/c1-33-21-7-13(8-22(34-2)25(21)31)23-16-9-19-20(37-12-36-19)10-17(16)24(18-11-35-26(32)27(18,23)28)30-15-5-3-14(29)4-6-15/h3-10,18,23-24,30-31H,11-12,29H2,1-2H3/t18-,23-,24-,27-/m1/s1. The van der Waals surface area contributed by atoms with Crippen LogP contribution in [0.5, 0.6) is 28.7 Å². The van der Waals surface area contributed by atoms with Crippen LogP contribution < -0.4 is 30.0 Å². The topological polar surface area (TPSA) is 122 Å². The fourth-order valence-corrected chi connectivity index (χ4v) is 5.60. The number of carbonyl (C=O) groups is 1. The summed E-state index contributed by atoms with van der Waals surface area (Å²) in [5.74, 6) is -2.03. The first kappa shape index (κ1) is 23.1. The number of cyclic esters (lactones) is 1. The molecule has 0 aromatic heterocycles. The molecule has 9 nitrogen and oxygen atoms in total. The first-order valence-electron chi connectivity index (χ1n) is 11.7. The van der Waals surface area contributed by atoms with Crippen LogP contribution in [0.2, 0.25) is 0 Å². The fourth-order valence-electron chi connectivity index (χ4n) is 5.60.